The number of amides is 1. The minimum absolute atomic E-state index is 0.141. The van der Waals surface area contributed by atoms with E-state index in [1.165, 1.54) is 14.0 Å². The van der Waals surface area contributed by atoms with Crippen LogP contribution in [-0.2, 0) is 9.59 Å². The second kappa shape index (κ2) is 9.62. The Morgan fingerprint density at radius 1 is 1.21 bits per heavy atom. The molecule has 0 unspecified atom stereocenters. The number of ether oxygens (including phenoxy) is 2. The molecular formula is C22H31NO5. The zero-order chi connectivity index (χ0) is 20.8. The molecule has 1 N–H and O–H groups in total. The number of ketones is 1. The van der Waals surface area contributed by atoms with Crippen LogP contribution in [0.25, 0.3) is 0 Å². The first-order valence-electron chi connectivity index (χ1n) is 9.86. The number of unbranched alkanes of at least 4 members (excludes halogenated alkanes) is 1. The summed E-state index contributed by atoms with van der Waals surface area (Å²) in [5.74, 6) is 0.145. The van der Waals surface area contributed by atoms with Crippen molar-refractivity contribution in [2.75, 3.05) is 20.8 Å². The monoisotopic (exact) mass is 389 g/mol. The molecule has 2 rings (SSSR count). The van der Waals surface area contributed by atoms with Gasteiger partial charge in [-0.3, -0.25) is 9.59 Å². The van der Waals surface area contributed by atoms with Crippen LogP contribution in [0.1, 0.15) is 58.1 Å². The summed E-state index contributed by atoms with van der Waals surface area (Å²) in [6, 6.07) is 4.69. The molecule has 0 fully saturated rings. The van der Waals surface area contributed by atoms with Crippen molar-refractivity contribution in [2.24, 2.45) is 5.92 Å². The lowest BCUT2D eigenvalue weighted by Crippen LogP contribution is -2.35. The van der Waals surface area contributed by atoms with E-state index in [2.05, 4.69) is 13.8 Å². The van der Waals surface area contributed by atoms with E-state index in [9.17, 15) is 14.7 Å². The number of aliphatic hydroxyl groups excluding tert-OH is 1. The molecule has 1 aliphatic heterocycles. The molecule has 1 amide bonds. The van der Waals surface area contributed by atoms with E-state index >= 15 is 0 Å². The van der Waals surface area contributed by atoms with Gasteiger partial charge in [0.1, 0.15) is 0 Å². The van der Waals surface area contributed by atoms with Crippen LogP contribution in [0.15, 0.2) is 29.5 Å². The van der Waals surface area contributed by atoms with E-state index in [1.807, 2.05) is 0 Å². The van der Waals surface area contributed by atoms with Gasteiger partial charge in [0.25, 0.3) is 5.91 Å². The predicted molar refractivity (Wildman–Crippen MR) is 108 cm³/mol. The van der Waals surface area contributed by atoms with E-state index in [4.69, 9.17) is 9.47 Å². The third kappa shape index (κ3) is 4.32. The van der Waals surface area contributed by atoms with Crippen LogP contribution in [-0.4, -0.2) is 42.5 Å². The van der Waals surface area contributed by atoms with Crippen molar-refractivity contribution in [1.82, 2.24) is 4.90 Å². The van der Waals surface area contributed by atoms with Crippen LogP contribution in [0.5, 0.6) is 11.5 Å². The Kier molecular flexibility index (Phi) is 7.49. The number of hydrogen-bond donors (Lipinski definition) is 1. The normalized spacial score (nSPS) is 17.8. The van der Waals surface area contributed by atoms with Crippen molar-refractivity contribution in [1.29, 1.82) is 0 Å². The number of hydrogen-bond acceptors (Lipinski definition) is 5. The lowest BCUT2D eigenvalue weighted by Gasteiger charge is -2.30. The molecule has 28 heavy (non-hydrogen) atoms. The van der Waals surface area contributed by atoms with E-state index in [1.54, 1.807) is 30.2 Å². The molecule has 0 saturated carbocycles. The van der Waals surface area contributed by atoms with Crippen molar-refractivity contribution in [2.45, 2.75) is 52.5 Å². The van der Waals surface area contributed by atoms with Gasteiger partial charge in [-0.05, 0) is 37.0 Å². The first kappa shape index (κ1) is 21.8. The number of rotatable bonds is 10. The summed E-state index contributed by atoms with van der Waals surface area (Å²) in [5.41, 5.74) is 0.855. The summed E-state index contributed by atoms with van der Waals surface area (Å²) in [6.45, 7) is 6.12. The molecule has 1 aromatic rings. The van der Waals surface area contributed by atoms with Crippen LogP contribution < -0.4 is 9.47 Å². The van der Waals surface area contributed by atoms with E-state index in [0.29, 0.717) is 29.5 Å². The Bertz CT molecular complexity index is 755. The largest absolute Gasteiger partial charge is 0.503 e. The summed E-state index contributed by atoms with van der Waals surface area (Å²) >= 11 is 0. The predicted octanol–water partition coefficient (Wildman–Crippen LogP) is 4.20. The minimum Gasteiger partial charge on any atom is -0.503 e. The van der Waals surface area contributed by atoms with Crippen molar-refractivity contribution >= 4 is 11.7 Å². The van der Waals surface area contributed by atoms with Gasteiger partial charge in [-0.2, -0.15) is 0 Å². The van der Waals surface area contributed by atoms with Gasteiger partial charge in [-0.25, -0.2) is 0 Å². The summed E-state index contributed by atoms with van der Waals surface area (Å²) < 4.78 is 10.7. The van der Waals surface area contributed by atoms with E-state index in [-0.39, 0.29) is 11.4 Å². The second-order valence-electron chi connectivity index (χ2n) is 7.21. The average Bonchev–Trinajstić information content (AvgIpc) is 2.95. The number of methoxy groups -OCH3 is 2. The molecule has 0 spiro atoms. The van der Waals surface area contributed by atoms with Gasteiger partial charge in [0, 0.05) is 6.54 Å². The Labute approximate surface area is 167 Å². The van der Waals surface area contributed by atoms with Crippen molar-refractivity contribution in [3.63, 3.8) is 0 Å². The van der Waals surface area contributed by atoms with Crippen molar-refractivity contribution in [3.8, 4) is 11.5 Å². The molecule has 1 aliphatic rings. The Morgan fingerprint density at radius 3 is 2.43 bits per heavy atom. The third-order valence-corrected chi connectivity index (χ3v) is 5.40. The maximum Gasteiger partial charge on any atom is 0.290 e. The van der Waals surface area contributed by atoms with Crippen molar-refractivity contribution < 1.29 is 24.2 Å². The van der Waals surface area contributed by atoms with Crippen LogP contribution in [0.4, 0.5) is 0 Å². The lowest BCUT2D eigenvalue weighted by atomic mass is 9.94. The number of nitrogens with zero attached hydrogens (tertiary/aromatic N) is 1. The number of carbonyl (C=O) groups excluding carboxylic acids is 2. The summed E-state index contributed by atoms with van der Waals surface area (Å²) in [4.78, 5) is 26.7. The first-order valence-corrected chi connectivity index (χ1v) is 9.86. The smallest absolute Gasteiger partial charge is 0.290 e. The highest BCUT2D eigenvalue weighted by Gasteiger charge is 2.43. The number of benzene rings is 1. The summed E-state index contributed by atoms with van der Waals surface area (Å²) in [6.07, 6.45) is 4.11. The minimum atomic E-state index is -0.625. The van der Waals surface area contributed by atoms with Gasteiger partial charge in [-0.1, -0.05) is 39.2 Å². The highest BCUT2D eigenvalue weighted by Crippen LogP contribution is 2.41. The van der Waals surface area contributed by atoms with Gasteiger partial charge < -0.3 is 19.5 Å². The molecule has 0 aromatic heterocycles. The fourth-order valence-corrected chi connectivity index (χ4v) is 3.77. The Balaban J connectivity index is 2.47. The zero-order valence-corrected chi connectivity index (χ0v) is 17.4. The Morgan fingerprint density at radius 2 is 1.89 bits per heavy atom. The molecule has 0 bridgehead atoms. The molecule has 0 aliphatic carbocycles. The molecule has 0 radical (unpaired) electrons. The number of carbonyl (C=O) groups is 2. The van der Waals surface area contributed by atoms with Gasteiger partial charge in [0.15, 0.2) is 23.0 Å². The molecule has 6 nitrogen and oxygen atoms in total. The molecule has 2 atom stereocenters. The van der Waals surface area contributed by atoms with Crippen LogP contribution in [0, 0.1) is 5.92 Å². The van der Waals surface area contributed by atoms with Gasteiger partial charge in [-0.15, -0.1) is 0 Å². The standard InChI is InChI=1S/C22H31NO5/c1-6-8-9-15(7-2)13-23-20(19(14(3)24)21(25)22(23)26)16-10-11-17(27-4)18(12-16)28-5/h10-12,15,20,25H,6-9,13H2,1-5H3/t15-,20-/m1/s1. The molecule has 1 heterocycles. The molecule has 1 aromatic carbocycles. The van der Waals surface area contributed by atoms with Crippen molar-refractivity contribution in [3.05, 3.63) is 35.1 Å². The maximum atomic E-state index is 12.8. The maximum absolute atomic E-state index is 12.8. The Hall–Kier alpha value is -2.50. The van der Waals surface area contributed by atoms with Crippen LogP contribution in [0.3, 0.4) is 0 Å². The molecule has 0 saturated heterocycles. The van der Waals surface area contributed by atoms with E-state index < -0.39 is 17.7 Å². The SMILES string of the molecule is CCCC[C@@H](CC)CN1C(=O)C(O)=C(C(C)=O)[C@H]1c1ccc(OC)c(OC)c1. The third-order valence-electron chi connectivity index (χ3n) is 5.40. The van der Waals surface area contributed by atoms with Gasteiger partial charge in [0.05, 0.1) is 25.8 Å². The highest BCUT2D eigenvalue weighted by atomic mass is 16.5. The second-order valence-corrected chi connectivity index (χ2v) is 7.21. The van der Waals surface area contributed by atoms with Crippen LogP contribution in [0.2, 0.25) is 0 Å². The van der Waals surface area contributed by atoms with Crippen LogP contribution >= 0.6 is 0 Å². The zero-order valence-electron chi connectivity index (χ0n) is 17.4. The number of Topliss-reactive ketones (excluding diaryl/α,β-unsaturated/α-hetero) is 1. The fourth-order valence-electron chi connectivity index (χ4n) is 3.77. The van der Waals surface area contributed by atoms with Gasteiger partial charge >= 0.3 is 0 Å². The molecular weight excluding hydrogens is 358 g/mol. The highest BCUT2D eigenvalue weighted by molar-refractivity contribution is 6.08. The number of aliphatic hydroxyl groups is 1. The summed E-state index contributed by atoms with van der Waals surface area (Å²) in [7, 11) is 3.09. The molecule has 6 heteroatoms. The quantitative estimate of drug-likeness (QED) is 0.649. The van der Waals surface area contributed by atoms with Gasteiger partial charge in [0.2, 0.25) is 0 Å². The lowest BCUT2D eigenvalue weighted by molar-refractivity contribution is -0.130. The first-order chi connectivity index (χ1) is 13.4. The molecule has 154 valence electrons. The average molecular weight is 389 g/mol. The topological polar surface area (TPSA) is 76.1 Å². The fraction of sp³-hybridized carbons (Fsp3) is 0.545. The summed E-state index contributed by atoms with van der Waals surface area (Å²) in [5, 5.41) is 10.4. The van der Waals surface area contributed by atoms with E-state index in [0.717, 1.165) is 25.7 Å².